The first-order valence-electron chi connectivity index (χ1n) is 7.11. The third-order valence-corrected chi connectivity index (χ3v) is 3.81. The molecule has 3 rings (SSSR count). The number of piperazine rings is 1. The molecule has 0 amide bonds. The smallest absolute Gasteiger partial charge is 0.354 e. The van der Waals surface area contributed by atoms with Gasteiger partial charge in [-0.05, 0) is 19.2 Å². The third-order valence-electron chi connectivity index (χ3n) is 3.81. The number of likely N-dealkylation sites (N-methyl/N-ethyl adjacent to an activating group) is 1. The maximum absolute atomic E-state index is 13.0. The second kappa shape index (κ2) is 5.64. The number of nitrogens with zero attached hydrogens (tertiary/aromatic N) is 4. The summed E-state index contributed by atoms with van der Waals surface area (Å²) in [4.78, 5) is 4.11. The van der Waals surface area contributed by atoms with E-state index in [2.05, 4.69) is 10.00 Å². The van der Waals surface area contributed by atoms with Crippen LogP contribution in [-0.2, 0) is 6.18 Å². The van der Waals surface area contributed by atoms with E-state index >= 15 is 0 Å². The summed E-state index contributed by atoms with van der Waals surface area (Å²) in [6.45, 7) is 3.02. The molecule has 0 radical (unpaired) electrons. The Labute approximate surface area is 126 Å². The van der Waals surface area contributed by atoms with Crippen molar-refractivity contribution in [1.29, 1.82) is 0 Å². The second-order valence-corrected chi connectivity index (χ2v) is 5.42. The summed E-state index contributed by atoms with van der Waals surface area (Å²) in [7, 11) is 2.01. The van der Waals surface area contributed by atoms with Crippen LogP contribution < -0.4 is 4.90 Å². The molecule has 1 aromatic heterocycles. The van der Waals surface area contributed by atoms with Gasteiger partial charge in [-0.2, -0.15) is 18.3 Å². The Kier molecular flexibility index (Phi) is 3.82. The molecule has 0 aliphatic carbocycles. The standard InChI is InChI=1S/C15H17F3N4/c1-20-7-9-21(10-8-20)14-11-13(15(16,17)18)19-22(14)12-5-3-2-4-6-12/h2-6,11H,7-10H2,1H3. The van der Waals surface area contributed by atoms with Crippen molar-refractivity contribution in [2.24, 2.45) is 0 Å². The van der Waals surface area contributed by atoms with Gasteiger partial charge in [0.1, 0.15) is 5.82 Å². The summed E-state index contributed by atoms with van der Waals surface area (Å²) in [5, 5.41) is 3.78. The summed E-state index contributed by atoms with van der Waals surface area (Å²) < 4.78 is 40.5. The third kappa shape index (κ3) is 2.94. The van der Waals surface area contributed by atoms with Gasteiger partial charge < -0.3 is 9.80 Å². The molecule has 0 atom stereocenters. The largest absolute Gasteiger partial charge is 0.435 e. The molecule has 1 aromatic carbocycles. The fraction of sp³-hybridized carbons (Fsp3) is 0.400. The zero-order chi connectivity index (χ0) is 15.7. The van der Waals surface area contributed by atoms with Gasteiger partial charge in [-0.15, -0.1) is 0 Å². The molecule has 0 spiro atoms. The van der Waals surface area contributed by atoms with Gasteiger partial charge in [0, 0.05) is 32.2 Å². The van der Waals surface area contributed by atoms with E-state index in [0.717, 1.165) is 19.2 Å². The predicted octanol–water partition coefficient (Wildman–Crippen LogP) is 2.64. The first-order chi connectivity index (χ1) is 10.4. The van der Waals surface area contributed by atoms with Crippen LogP contribution in [-0.4, -0.2) is 47.9 Å². The zero-order valence-corrected chi connectivity index (χ0v) is 12.2. The number of alkyl halides is 3. The lowest BCUT2D eigenvalue weighted by molar-refractivity contribution is -0.141. The number of benzene rings is 1. The molecule has 0 N–H and O–H groups in total. The molecule has 2 heterocycles. The Morgan fingerprint density at radius 3 is 2.23 bits per heavy atom. The van der Waals surface area contributed by atoms with Gasteiger partial charge in [0.25, 0.3) is 0 Å². The van der Waals surface area contributed by atoms with Gasteiger partial charge in [0.15, 0.2) is 5.69 Å². The summed E-state index contributed by atoms with van der Waals surface area (Å²) in [5.74, 6) is 0.492. The summed E-state index contributed by atoms with van der Waals surface area (Å²) >= 11 is 0. The zero-order valence-electron chi connectivity index (χ0n) is 12.2. The number of halogens is 3. The van der Waals surface area contributed by atoms with Crippen molar-refractivity contribution in [3.63, 3.8) is 0 Å². The number of hydrogen-bond acceptors (Lipinski definition) is 3. The van der Waals surface area contributed by atoms with Crippen molar-refractivity contribution in [1.82, 2.24) is 14.7 Å². The predicted molar refractivity (Wildman–Crippen MR) is 78.3 cm³/mol. The van der Waals surface area contributed by atoms with Crippen LogP contribution >= 0.6 is 0 Å². The molecule has 22 heavy (non-hydrogen) atoms. The molecule has 0 unspecified atom stereocenters. The maximum Gasteiger partial charge on any atom is 0.435 e. The Balaban J connectivity index is 2.02. The van der Waals surface area contributed by atoms with E-state index in [1.807, 2.05) is 18.0 Å². The summed E-state index contributed by atoms with van der Waals surface area (Å²) in [6.07, 6.45) is -4.44. The highest BCUT2D eigenvalue weighted by atomic mass is 19.4. The average Bonchev–Trinajstić information content (AvgIpc) is 2.94. The summed E-state index contributed by atoms with van der Waals surface area (Å²) in [6, 6.07) is 10.1. The number of rotatable bonds is 2. The number of para-hydroxylation sites is 1. The van der Waals surface area contributed by atoms with Crippen LogP contribution in [0.25, 0.3) is 5.69 Å². The molecular weight excluding hydrogens is 293 g/mol. The highest BCUT2D eigenvalue weighted by Gasteiger charge is 2.36. The molecular formula is C15H17F3N4. The van der Waals surface area contributed by atoms with Crippen molar-refractivity contribution in [3.05, 3.63) is 42.1 Å². The fourth-order valence-corrected chi connectivity index (χ4v) is 2.53. The molecule has 118 valence electrons. The number of hydrogen-bond donors (Lipinski definition) is 0. The number of anilines is 1. The van der Waals surface area contributed by atoms with Crippen molar-refractivity contribution < 1.29 is 13.2 Å². The maximum atomic E-state index is 13.0. The van der Waals surface area contributed by atoms with Gasteiger partial charge in [0.2, 0.25) is 0 Å². The fourth-order valence-electron chi connectivity index (χ4n) is 2.53. The van der Waals surface area contributed by atoms with Crippen LogP contribution in [0.1, 0.15) is 5.69 Å². The average molecular weight is 310 g/mol. The molecule has 0 saturated carbocycles. The van der Waals surface area contributed by atoms with Crippen molar-refractivity contribution in [3.8, 4) is 5.69 Å². The lowest BCUT2D eigenvalue weighted by atomic mass is 10.3. The summed E-state index contributed by atoms with van der Waals surface area (Å²) in [5.41, 5.74) is -0.225. The van der Waals surface area contributed by atoms with Gasteiger partial charge >= 0.3 is 6.18 Å². The Hall–Kier alpha value is -2.02. The van der Waals surface area contributed by atoms with Crippen LogP contribution in [0.5, 0.6) is 0 Å². The Morgan fingerprint density at radius 1 is 1.00 bits per heavy atom. The van der Waals surface area contributed by atoms with Crippen molar-refractivity contribution in [2.75, 3.05) is 38.1 Å². The molecule has 1 saturated heterocycles. The van der Waals surface area contributed by atoms with Crippen LogP contribution in [0.3, 0.4) is 0 Å². The van der Waals surface area contributed by atoms with Crippen LogP contribution in [0, 0.1) is 0 Å². The molecule has 0 bridgehead atoms. The van der Waals surface area contributed by atoms with Crippen molar-refractivity contribution in [2.45, 2.75) is 6.18 Å². The van der Waals surface area contributed by atoms with Crippen LogP contribution in [0.2, 0.25) is 0 Å². The lowest BCUT2D eigenvalue weighted by Gasteiger charge is -2.33. The second-order valence-electron chi connectivity index (χ2n) is 5.42. The van der Waals surface area contributed by atoms with Gasteiger partial charge in [-0.1, -0.05) is 18.2 Å². The first kappa shape index (κ1) is 14.9. The molecule has 2 aromatic rings. The van der Waals surface area contributed by atoms with E-state index in [4.69, 9.17) is 0 Å². The Bertz CT molecular complexity index is 628. The molecule has 1 aliphatic heterocycles. The van der Waals surface area contributed by atoms with E-state index in [9.17, 15) is 13.2 Å². The van der Waals surface area contributed by atoms with Gasteiger partial charge in [0.05, 0.1) is 5.69 Å². The molecule has 1 aliphatic rings. The van der Waals surface area contributed by atoms with E-state index in [-0.39, 0.29) is 0 Å². The normalized spacial score (nSPS) is 17.0. The Morgan fingerprint density at radius 2 is 1.64 bits per heavy atom. The minimum atomic E-state index is -4.44. The SMILES string of the molecule is CN1CCN(c2cc(C(F)(F)F)nn2-c2ccccc2)CC1. The quantitative estimate of drug-likeness (QED) is 0.852. The topological polar surface area (TPSA) is 24.3 Å². The van der Waals surface area contributed by atoms with E-state index in [1.54, 1.807) is 24.3 Å². The highest BCUT2D eigenvalue weighted by Crippen LogP contribution is 2.32. The highest BCUT2D eigenvalue weighted by molar-refractivity contribution is 5.49. The van der Waals surface area contributed by atoms with E-state index in [0.29, 0.717) is 24.6 Å². The first-order valence-corrected chi connectivity index (χ1v) is 7.11. The minimum Gasteiger partial charge on any atom is -0.354 e. The van der Waals surface area contributed by atoms with E-state index < -0.39 is 11.9 Å². The minimum absolute atomic E-state index is 0.492. The van der Waals surface area contributed by atoms with Gasteiger partial charge in [-0.3, -0.25) is 0 Å². The monoisotopic (exact) mass is 310 g/mol. The van der Waals surface area contributed by atoms with Crippen molar-refractivity contribution >= 4 is 5.82 Å². The van der Waals surface area contributed by atoms with Crippen LogP contribution in [0.15, 0.2) is 36.4 Å². The molecule has 4 nitrogen and oxygen atoms in total. The van der Waals surface area contributed by atoms with Crippen LogP contribution in [0.4, 0.5) is 19.0 Å². The lowest BCUT2D eigenvalue weighted by Crippen LogP contribution is -2.45. The van der Waals surface area contributed by atoms with Gasteiger partial charge in [-0.25, -0.2) is 4.68 Å². The number of aromatic nitrogens is 2. The molecule has 7 heteroatoms. The molecule has 1 fully saturated rings. The van der Waals surface area contributed by atoms with E-state index in [1.165, 1.54) is 4.68 Å².